The van der Waals surface area contributed by atoms with Gasteiger partial charge >= 0.3 is 0 Å². The summed E-state index contributed by atoms with van der Waals surface area (Å²) < 4.78 is 9.88. The van der Waals surface area contributed by atoms with Crippen LogP contribution in [0, 0.1) is 11.3 Å². The van der Waals surface area contributed by atoms with Crippen molar-refractivity contribution in [1.29, 1.82) is 5.26 Å². The lowest BCUT2D eigenvalue weighted by molar-refractivity contribution is 0.645. The smallest absolute Gasteiger partial charge is 0.0991 e. The van der Waals surface area contributed by atoms with Gasteiger partial charge in [-0.15, -0.1) is 0 Å². The summed E-state index contributed by atoms with van der Waals surface area (Å²) >= 11 is 0. The van der Waals surface area contributed by atoms with E-state index in [1.165, 1.54) is 275 Å². The fourth-order valence-electron chi connectivity index (χ4n) is 26.9. The van der Waals surface area contributed by atoms with Crippen LogP contribution in [-0.4, -0.2) is 26.3 Å². The number of rotatable bonds is 7. The van der Waals surface area contributed by atoms with Crippen LogP contribution in [0.2, 0.25) is 19.6 Å². The van der Waals surface area contributed by atoms with Gasteiger partial charge in [0, 0.05) is 110 Å². The number of hydrogen-bond acceptors (Lipinski definition) is 1. The fraction of sp³-hybridized carbons (Fsp3) is 0.104. The summed E-state index contributed by atoms with van der Waals surface area (Å²) in [4.78, 5) is 0. The van der Waals surface area contributed by atoms with Crippen molar-refractivity contribution in [3.8, 4) is 95.6 Å². The van der Waals surface area contributed by atoms with Crippen molar-refractivity contribution in [3.63, 3.8) is 0 Å². The van der Waals surface area contributed by atoms with Crippen LogP contribution in [0.3, 0.4) is 0 Å². The van der Waals surface area contributed by atoms with Gasteiger partial charge in [-0.2, -0.15) is 5.26 Å². The van der Waals surface area contributed by atoms with E-state index < -0.39 is 8.07 Å². The third-order valence-corrected chi connectivity index (χ3v) is 36.1. The van der Waals surface area contributed by atoms with Gasteiger partial charge in [0.2, 0.25) is 0 Å². The van der Waals surface area contributed by atoms with Gasteiger partial charge in [-0.3, -0.25) is 0 Å². The number of nitrogens with zero attached hydrogens (tertiary/aromatic N) is 5. The summed E-state index contributed by atoms with van der Waals surface area (Å²) in [6, 6.07) is 172. The first-order chi connectivity index (χ1) is 73.1. The molecule has 4 aliphatic carbocycles. The maximum absolute atomic E-state index is 9.34. The Morgan fingerprint density at radius 1 is 0.200 bits per heavy atom. The number of aromatic nitrogens is 4. The molecule has 4 aromatic heterocycles. The fourth-order valence-corrected chi connectivity index (χ4v) is 28.0. The number of fused-ring (bicyclic) bond motifs is 25. The highest BCUT2D eigenvalue weighted by molar-refractivity contribution is 6.88. The lowest BCUT2D eigenvalue weighted by Crippen LogP contribution is -2.37. The van der Waals surface area contributed by atoms with E-state index in [4.69, 9.17) is 0 Å². The average molecular weight is 1940 g/mol. The molecule has 0 N–H and O–H groups in total. The van der Waals surface area contributed by atoms with Crippen molar-refractivity contribution in [2.45, 2.75) is 96.7 Å². The van der Waals surface area contributed by atoms with E-state index in [1.807, 2.05) is 12.1 Å². The van der Waals surface area contributed by atoms with Gasteiger partial charge < -0.3 is 18.3 Å². The van der Waals surface area contributed by atoms with E-state index in [-0.39, 0.29) is 21.7 Å². The monoisotopic (exact) mass is 1940 g/mol. The largest absolute Gasteiger partial charge is 0.309 e. The third-order valence-electron chi connectivity index (χ3n) is 34.1. The third kappa shape index (κ3) is 13.4. The Kier molecular flexibility index (Phi) is 20.2. The summed E-state index contributed by atoms with van der Waals surface area (Å²) in [6.45, 7) is 26.1. The Morgan fingerprint density at radius 3 is 0.767 bits per heavy atom. The summed E-state index contributed by atoms with van der Waals surface area (Å²) in [5.74, 6) is 0. The van der Waals surface area contributed by atoms with E-state index >= 15 is 0 Å². The Labute approximate surface area is 874 Å². The molecule has 0 radical (unpaired) electrons. The average Bonchev–Trinajstić information content (AvgIpc) is 1.48. The first kappa shape index (κ1) is 89.8. The molecule has 150 heavy (non-hydrogen) atoms. The highest BCUT2D eigenvalue weighted by atomic mass is 28.3. The summed E-state index contributed by atoms with van der Waals surface area (Å²) in [6.07, 6.45) is 0. The van der Waals surface area contributed by atoms with Crippen molar-refractivity contribution >= 4 is 154 Å². The molecule has 0 aliphatic heterocycles. The number of nitriles is 1. The zero-order chi connectivity index (χ0) is 101. The Balaban J connectivity index is 0.0000000963. The van der Waals surface area contributed by atoms with E-state index in [2.05, 4.69) is 548 Å². The lowest BCUT2D eigenvalue weighted by atomic mass is 9.68. The van der Waals surface area contributed by atoms with E-state index in [0.717, 1.165) is 5.69 Å². The molecule has 31 rings (SSSR count). The minimum absolute atomic E-state index is 0.0490. The van der Waals surface area contributed by atoms with E-state index in [9.17, 15) is 5.26 Å². The first-order valence-corrected chi connectivity index (χ1v) is 56.3. The SMILES string of the molecule is CC1(C)c2ccccc2-c2c3c1cccc3cc1c3ccccc3n(-c3ccc(-c4cccc5ccccc45)cc3)c21.CC1(C)c2ccccc2-c2c3c1cccc3cc1c3ccccc3n(-c3ccc(-c4ccccc4)cc3)c21.CC1(C)c2ccccc2-c2c3c1cccc3cc1c3ccccc3n(-c3ccc(C#N)cc3)c21.CC1(C)c2ccccc2-c2c3c1cccc3cc1c3ccccc3n(-c3ccc([Si](C)(C)C)cc3)c21. The van der Waals surface area contributed by atoms with Crippen LogP contribution in [0.25, 0.3) is 231 Å². The van der Waals surface area contributed by atoms with Gasteiger partial charge in [-0.1, -0.05) is 432 Å². The van der Waals surface area contributed by atoms with E-state index in [0.29, 0.717) is 5.56 Å². The van der Waals surface area contributed by atoms with Crippen LogP contribution in [0.1, 0.15) is 105 Å². The highest BCUT2D eigenvalue weighted by Crippen LogP contribution is 2.60. The van der Waals surface area contributed by atoms with Crippen molar-refractivity contribution in [3.05, 3.63) is 511 Å². The van der Waals surface area contributed by atoms with Gasteiger partial charge in [0.25, 0.3) is 0 Å². The number of benzene rings is 23. The van der Waals surface area contributed by atoms with Crippen molar-refractivity contribution in [1.82, 2.24) is 18.3 Å². The molecule has 4 aliphatic rings. The lowest BCUT2D eigenvalue weighted by Gasteiger charge is -2.35. The second-order valence-electron chi connectivity index (χ2n) is 44.7. The summed E-state index contributed by atoms with van der Waals surface area (Å²) in [7, 11) is -1.37. The van der Waals surface area contributed by atoms with Gasteiger partial charge in [-0.05, 0) is 252 Å². The second kappa shape index (κ2) is 33.7. The van der Waals surface area contributed by atoms with Crippen molar-refractivity contribution in [2.24, 2.45) is 0 Å². The minimum Gasteiger partial charge on any atom is -0.309 e. The summed E-state index contributed by atoms with van der Waals surface area (Å²) in [5.41, 5.74) is 42.0. The maximum atomic E-state index is 9.34. The second-order valence-corrected chi connectivity index (χ2v) is 49.8. The van der Waals surface area contributed by atoms with Gasteiger partial charge in [-0.25, -0.2) is 0 Å². The maximum Gasteiger partial charge on any atom is 0.0991 e. The molecule has 6 heteroatoms. The van der Waals surface area contributed by atoms with Gasteiger partial charge in [0.1, 0.15) is 0 Å². The Bertz CT molecular complexity index is 10400. The van der Waals surface area contributed by atoms with Crippen molar-refractivity contribution in [2.75, 3.05) is 0 Å². The van der Waals surface area contributed by atoms with Crippen LogP contribution >= 0.6 is 0 Å². The highest BCUT2D eigenvalue weighted by Gasteiger charge is 2.42. The zero-order valence-corrected chi connectivity index (χ0v) is 87.1. The molecule has 0 atom stereocenters. The van der Waals surface area contributed by atoms with Crippen molar-refractivity contribution < 1.29 is 0 Å². The van der Waals surface area contributed by atoms with Crippen LogP contribution in [0.5, 0.6) is 0 Å². The predicted octanol–water partition coefficient (Wildman–Crippen LogP) is 37.9. The zero-order valence-electron chi connectivity index (χ0n) is 86.1. The van der Waals surface area contributed by atoms with Crippen LogP contribution < -0.4 is 5.19 Å². The quantitative estimate of drug-likeness (QED) is 0.147. The summed E-state index contributed by atoms with van der Waals surface area (Å²) in [5, 5.41) is 34.5. The predicted molar refractivity (Wildman–Crippen MR) is 639 cm³/mol. The number of para-hydroxylation sites is 4. The molecule has 23 aromatic carbocycles. The molecular weight excluding hydrogens is 1830 g/mol. The molecule has 0 spiro atoms. The molecule has 0 bridgehead atoms. The molecule has 27 aromatic rings. The Hall–Kier alpha value is -17.7. The molecule has 4 heterocycles. The first-order valence-electron chi connectivity index (χ1n) is 52.8. The Morgan fingerprint density at radius 2 is 0.440 bits per heavy atom. The van der Waals surface area contributed by atoms with E-state index in [1.54, 1.807) is 0 Å². The van der Waals surface area contributed by atoms with Crippen LogP contribution in [0.15, 0.2) is 461 Å². The molecule has 5 nitrogen and oxygen atoms in total. The molecule has 0 unspecified atom stereocenters. The normalized spacial score (nSPS) is 13.9. The molecule has 0 fully saturated rings. The molecule has 0 amide bonds. The van der Waals surface area contributed by atoms with Gasteiger partial charge in [0.05, 0.1) is 63.8 Å². The van der Waals surface area contributed by atoms with Gasteiger partial charge in [0.15, 0.2) is 0 Å². The molecule has 714 valence electrons. The topological polar surface area (TPSA) is 43.5 Å². The van der Waals surface area contributed by atoms with Crippen LogP contribution in [0.4, 0.5) is 0 Å². The molecule has 0 saturated heterocycles. The number of hydrogen-bond donors (Lipinski definition) is 0. The van der Waals surface area contributed by atoms with Crippen LogP contribution in [-0.2, 0) is 21.7 Å². The minimum atomic E-state index is -1.37. The molecule has 0 saturated carbocycles. The molecular formula is C144H109N5Si. The standard InChI is InChI=1S/C41H29N.C37H27N.C34H31NSi.C32H22N2/c1-41(2)35-18-7-5-16-33(35)39-38-28(13-10-19-36(38)41)25-34-32-15-6-8-20-37(32)42(40(34)39)29-23-21-27(22-24-29)31-17-9-12-26-11-3-4-14-30(26)31;1-37(2)31-16-8-6-15-29(31)35-34-26(13-10-17-32(34)37)23-30-28-14-7-9-18-33(28)38(36(30)35)27-21-19-25(20-22-27)24-11-4-3-5-12-24;1-34(2)28-14-8-6-13-26(28)32-31-22(11-10-15-29(31)34)21-27-25-12-7-9-16-30(25)35(33(27)32)23-17-19-24(20-18-23)36(3,4)5;1-32(2)26-11-5-3-10-24(26)30-29-21(8-7-12-27(29)32)18-25-23-9-4-6-13-28(23)34(31(25)30)22-16-14-20(19-33)15-17-22/h3-25H,1-2H3;3-23H,1-2H3;6-21H,1-5H3;3-18H,1-2H3.